The minimum atomic E-state index is -0.0784. The Balaban J connectivity index is 1.14. The van der Waals surface area contributed by atoms with Crippen LogP contribution in [0.25, 0.3) is 64.0 Å². The van der Waals surface area contributed by atoms with Gasteiger partial charge in [-0.15, -0.1) is 11.3 Å². The summed E-state index contributed by atoms with van der Waals surface area (Å²) in [4.78, 5) is 2.42. The van der Waals surface area contributed by atoms with Crippen LogP contribution in [0, 0.1) is 0 Å². The second-order valence-electron chi connectivity index (χ2n) is 13.8. The van der Waals surface area contributed by atoms with Gasteiger partial charge in [-0.25, -0.2) is 0 Å². The normalized spacial score (nSPS) is 13.3. The van der Waals surface area contributed by atoms with Crippen molar-refractivity contribution in [1.29, 1.82) is 0 Å². The molecule has 0 fully saturated rings. The molecule has 2 heteroatoms. The average Bonchev–Trinajstić information content (AvgIpc) is 3.62. The molecule has 49 heavy (non-hydrogen) atoms. The zero-order valence-corrected chi connectivity index (χ0v) is 28.3. The van der Waals surface area contributed by atoms with Gasteiger partial charge < -0.3 is 4.90 Å². The lowest BCUT2D eigenvalue weighted by atomic mass is 9.82. The fraction of sp³-hybridized carbons (Fsp3) is 0.0638. The Labute approximate surface area is 290 Å². The van der Waals surface area contributed by atoms with Gasteiger partial charge in [-0.2, -0.15) is 0 Å². The lowest BCUT2D eigenvalue weighted by Crippen LogP contribution is -2.16. The van der Waals surface area contributed by atoms with Gasteiger partial charge in [-0.3, -0.25) is 0 Å². The lowest BCUT2D eigenvalue weighted by Gasteiger charge is -2.28. The Hall–Kier alpha value is -5.70. The molecule has 1 aliphatic rings. The molecule has 1 aliphatic carbocycles. The van der Waals surface area contributed by atoms with Crippen LogP contribution in [0.4, 0.5) is 17.1 Å². The molecule has 0 amide bonds. The van der Waals surface area contributed by atoms with Crippen LogP contribution in [0.5, 0.6) is 0 Å². The van der Waals surface area contributed by atoms with E-state index in [0.29, 0.717) is 0 Å². The molecule has 10 rings (SSSR count). The largest absolute Gasteiger partial charge is 0.310 e. The van der Waals surface area contributed by atoms with Crippen molar-refractivity contribution in [3.63, 3.8) is 0 Å². The van der Waals surface area contributed by atoms with Crippen molar-refractivity contribution in [2.24, 2.45) is 0 Å². The molecule has 1 nitrogen and oxygen atoms in total. The van der Waals surface area contributed by atoms with E-state index in [9.17, 15) is 0 Å². The third-order valence-electron chi connectivity index (χ3n) is 10.6. The van der Waals surface area contributed by atoms with E-state index in [1.165, 1.54) is 80.8 Å². The Morgan fingerprint density at radius 3 is 1.92 bits per heavy atom. The standard InChI is InChI=1S/C47H33NS/c1-47(2)43-14-8-6-12-38(43)39-25-23-36(28-44(39)47)48(34-20-18-31(19-21-34)30-10-4-3-5-11-30)35-22-24-37-32(26-35)16-17-33-27-42-40-13-7-9-15-45(40)49-46(42)29-41(33)37/h3-29H,1-2H3. The van der Waals surface area contributed by atoms with Crippen LogP contribution >= 0.6 is 11.3 Å². The van der Waals surface area contributed by atoms with Crippen LogP contribution < -0.4 is 4.90 Å². The molecule has 0 atom stereocenters. The van der Waals surface area contributed by atoms with Gasteiger partial charge in [0.1, 0.15) is 0 Å². The predicted molar refractivity (Wildman–Crippen MR) is 212 cm³/mol. The van der Waals surface area contributed by atoms with Gasteiger partial charge in [0, 0.05) is 42.6 Å². The number of benzene rings is 8. The maximum absolute atomic E-state index is 2.42. The van der Waals surface area contributed by atoms with Crippen molar-refractivity contribution in [1.82, 2.24) is 0 Å². The number of nitrogens with zero attached hydrogens (tertiary/aromatic N) is 1. The molecule has 0 saturated carbocycles. The molecule has 0 bridgehead atoms. The Morgan fingerprint density at radius 2 is 1.06 bits per heavy atom. The van der Waals surface area contributed by atoms with E-state index < -0.39 is 0 Å². The smallest absolute Gasteiger partial charge is 0.0468 e. The molecular weight excluding hydrogens is 611 g/mol. The summed E-state index contributed by atoms with van der Waals surface area (Å²) < 4.78 is 2.68. The highest BCUT2D eigenvalue weighted by Gasteiger charge is 2.35. The zero-order valence-electron chi connectivity index (χ0n) is 27.4. The van der Waals surface area contributed by atoms with Crippen molar-refractivity contribution in [2.75, 3.05) is 4.90 Å². The Morgan fingerprint density at radius 1 is 0.408 bits per heavy atom. The third kappa shape index (κ3) is 4.38. The van der Waals surface area contributed by atoms with Crippen LogP contribution in [0.2, 0.25) is 0 Å². The minimum Gasteiger partial charge on any atom is -0.310 e. The van der Waals surface area contributed by atoms with E-state index in [-0.39, 0.29) is 5.41 Å². The fourth-order valence-electron chi connectivity index (χ4n) is 8.12. The van der Waals surface area contributed by atoms with Crippen molar-refractivity contribution in [3.05, 3.63) is 175 Å². The minimum absolute atomic E-state index is 0.0784. The van der Waals surface area contributed by atoms with Gasteiger partial charge in [0.15, 0.2) is 0 Å². The molecule has 1 aromatic heterocycles. The number of hydrogen-bond donors (Lipinski definition) is 0. The molecule has 232 valence electrons. The molecule has 9 aromatic rings. The first-order valence-electron chi connectivity index (χ1n) is 17.0. The van der Waals surface area contributed by atoms with E-state index in [1.54, 1.807) is 0 Å². The molecule has 0 unspecified atom stereocenters. The Kier molecular flexibility index (Phi) is 6.16. The van der Waals surface area contributed by atoms with Crippen molar-refractivity contribution >= 4 is 70.1 Å². The zero-order chi connectivity index (χ0) is 32.7. The molecule has 1 heterocycles. The Bertz CT molecular complexity index is 2730. The maximum Gasteiger partial charge on any atom is 0.0468 e. The molecule has 0 spiro atoms. The molecule has 0 aliphatic heterocycles. The summed E-state index contributed by atoms with van der Waals surface area (Å²) in [6, 6.07) is 60.7. The molecular formula is C47H33NS. The monoisotopic (exact) mass is 643 g/mol. The second-order valence-corrected chi connectivity index (χ2v) is 14.9. The first kappa shape index (κ1) is 28.3. The highest BCUT2D eigenvalue weighted by Crippen LogP contribution is 2.51. The maximum atomic E-state index is 2.42. The van der Waals surface area contributed by atoms with Gasteiger partial charge >= 0.3 is 0 Å². The van der Waals surface area contributed by atoms with Crippen LogP contribution in [0.15, 0.2) is 164 Å². The quantitative estimate of drug-likeness (QED) is 0.173. The van der Waals surface area contributed by atoms with Gasteiger partial charge in [0.05, 0.1) is 0 Å². The van der Waals surface area contributed by atoms with E-state index >= 15 is 0 Å². The molecule has 0 saturated heterocycles. The summed E-state index contributed by atoms with van der Waals surface area (Å²) in [6.45, 7) is 4.71. The van der Waals surface area contributed by atoms with Crippen LogP contribution in [0.1, 0.15) is 25.0 Å². The van der Waals surface area contributed by atoms with Gasteiger partial charge in [0.2, 0.25) is 0 Å². The summed E-state index contributed by atoms with van der Waals surface area (Å²) in [5.74, 6) is 0. The van der Waals surface area contributed by atoms with Crippen LogP contribution in [-0.4, -0.2) is 0 Å². The summed E-state index contributed by atoms with van der Waals surface area (Å²) in [5.41, 5.74) is 11.3. The van der Waals surface area contributed by atoms with Crippen molar-refractivity contribution in [3.8, 4) is 22.3 Å². The lowest BCUT2D eigenvalue weighted by molar-refractivity contribution is 0.660. The molecule has 0 radical (unpaired) electrons. The van der Waals surface area contributed by atoms with E-state index in [2.05, 4.69) is 183 Å². The number of thiophene rings is 1. The highest BCUT2D eigenvalue weighted by atomic mass is 32.1. The number of anilines is 3. The third-order valence-corrected chi connectivity index (χ3v) is 11.8. The predicted octanol–water partition coefficient (Wildman–Crippen LogP) is 13.8. The van der Waals surface area contributed by atoms with Gasteiger partial charge in [-0.05, 0) is 110 Å². The van der Waals surface area contributed by atoms with Crippen LogP contribution in [-0.2, 0) is 5.41 Å². The van der Waals surface area contributed by atoms with Gasteiger partial charge in [-0.1, -0.05) is 123 Å². The van der Waals surface area contributed by atoms with Crippen molar-refractivity contribution < 1.29 is 0 Å². The summed E-state index contributed by atoms with van der Waals surface area (Å²) in [5, 5.41) is 7.80. The number of hydrogen-bond acceptors (Lipinski definition) is 2. The summed E-state index contributed by atoms with van der Waals surface area (Å²) in [7, 11) is 0. The number of rotatable bonds is 4. The average molecular weight is 644 g/mol. The van der Waals surface area contributed by atoms with E-state index in [1.807, 2.05) is 11.3 Å². The molecule has 0 N–H and O–H groups in total. The summed E-state index contributed by atoms with van der Waals surface area (Å²) in [6.07, 6.45) is 0. The van der Waals surface area contributed by atoms with E-state index in [0.717, 1.165) is 11.4 Å². The van der Waals surface area contributed by atoms with Gasteiger partial charge in [0.25, 0.3) is 0 Å². The first-order chi connectivity index (χ1) is 24.0. The van der Waals surface area contributed by atoms with E-state index in [4.69, 9.17) is 0 Å². The van der Waals surface area contributed by atoms with Crippen molar-refractivity contribution in [2.45, 2.75) is 19.3 Å². The first-order valence-corrected chi connectivity index (χ1v) is 17.8. The second kappa shape index (κ2) is 10.7. The highest BCUT2D eigenvalue weighted by molar-refractivity contribution is 7.25. The topological polar surface area (TPSA) is 3.24 Å². The molecule has 8 aromatic carbocycles. The van der Waals surface area contributed by atoms with Crippen LogP contribution in [0.3, 0.4) is 0 Å². The fourth-order valence-corrected chi connectivity index (χ4v) is 9.25. The number of fused-ring (bicyclic) bond motifs is 9. The summed E-state index contributed by atoms with van der Waals surface area (Å²) >= 11 is 1.88. The SMILES string of the molecule is CC1(C)c2ccccc2-c2ccc(N(c3ccc(-c4ccccc4)cc3)c3ccc4c(ccc5cc6c(cc54)sc4ccccc46)c3)cc21.